The Morgan fingerprint density at radius 3 is 2.78 bits per heavy atom. The molecule has 2 saturated heterocycles. The number of amides is 1. The van der Waals surface area contributed by atoms with Gasteiger partial charge in [-0.2, -0.15) is 0 Å². The van der Waals surface area contributed by atoms with E-state index in [1.807, 2.05) is 7.05 Å². The quantitative estimate of drug-likeness (QED) is 0.798. The number of β-amino-alcohol motifs (C(OH)–C–C–N with tert-alkyl or cyclic N) is 1. The topological polar surface area (TPSA) is 71.0 Å². The molecule has 0 aromatic heterocycles. The van der Waals surface area contributed by atoms with Gasteiger partial charge in [0.1, 0.15) is 0 Å². The van der Waals surface area contributed by atoms with E-state index >= 15 is 0 Å². The summed E-state index contributed by atoms with van der Waals surface area (Å²) in [7, 11) is 2.03. The predicted molar refractivity (Wildman–Crippen MR) is 86.2 cm³/mol. The minimum Gasteiger partial charge on any atom is -0.389 e. The van der Waals surface area contributed by atoms with Crippen LogP contribution in [-0.4, -0.2) is 73.1 Å². The Kier molecular flexibility index (Phi) is 5.91. The number of nitrogens with zero attached hydrogens (tertiary/aromatic N) is 1. The van der Waals surface area contributed by atoms with Crippen molar-refractivity contribution in [3.8, 4) is 0 Å². The van der Waals surface area contributed by atoms with Crippen LogP contribution in [0.1, 0.15) is 44.9 Å². The summed E-state index contributed by atoms with van der Waals surface area (Å²) >= 11 is 0. The van der Waals surface area contributed by atoms with Crippen LogP contribution in [0, 0.1) is 0 Å². The summed E-state index contributed by atoms with van der Waals surface area (Å²) in [5, 5.41) is 13.0. The van der Waals surface area contributed by atoms with Gasteiger partial charge in [-0.1, -0.05) is 12.8 Å². The molecule has 3 aliphatic rings. The average Bonchev–Trinajstić information content (AvgIpc) is 2.98. The molecule has 2 aliphatic heterocycles. The molecule has 0 bridgehead atoms. The summed E-state index contributed by atoms with van der Waals surface area (Å²) in [5.41, 5.74) is 0. The lowest BCUT2D eigenvalue weighted by Crippen LogP contribution is -2.54. The minimum absolute atomic E-state index is 0.00877. The first kappa shape index (κ1) is 17.1. The van der Waals surface area contributed by atoms with Crippen LogP contribution in [0.2, 0.25) is 0 Å². The van der Waals surface area contributed by atoms with Crippen LogP contribution in [0.3, 0.4) is 0 Å². The van der Waals surface area contributed by atoms with E-state index in [0.29, 0.717) is 32.2 Å². The van der Waals surface area contributed by atoms with Crippen LogP contribution in [0.4, 0.5) is 0 Å². The molecule has 0 spiro atoms. The summed E-state index contributed by atoms with van der Waals surface area (Å²) in [6, 6.07) is 0.635. The molecule has 0 aromatic carbocycles. The van der Waals surface area contributed by atoms with Crippen molar-refractivity contribution in [2.45, 2.75) is 75.3 Å². The summed E-state index contributed by atoms with van der Waals surface area (Å²) < 4.78 is 11.7. The zero-order valence-electron chi connectivity index (χ0n) is 14.1. The molecule has 3 rings (SSSR count). The van der Waals surface area contributed by atoms with Crippen molar-refractivity contribution in [2.75, 3.05) is 26.8 Å². The fourth-order valence-electron chi connectivity index (χ4n) is 4.16. The number of ether oxygens (including phenoxy) is 2. The van der Waals surface area contributed by atoms with Crippen molar-refractivity contribution in [1.29, 1.82) is 0 Å². The van der Waals surface area contributed by atoms with Crippen LogP contribution in [0.15, 0.2) is 0 Å². The normalized spacial score (nSPS) is 37.0. The van der Waals surface area contributed by atoms with E-state index in [1.54, 1.807) is 0 Å². The second-order valence-corrected chi connectivity index (χ2v) is 7.33. The van der Waals surface area contributed by atoms with Gasteiger partial charge in [0.25, 0.3) is 0 Å². The van der Waals surface area contributed by atoms with E-state index in [0.717, 1.165) is 25.7 Å². The third kappa shape index (κ3) is 4.66. The molecule has 1 saturated carbocycles. The van der Waals surface area contributed by atoms with Crippen LogP contribution in [0.25, 0.3) is 0 Å². The Morgan fingerprint density at radius 1 is 1.22 bits per heavy atom. The van der Waals surface area contributed by atoms with Gasteiger partial charge in [-0.3, -0.25) is 9.69 Å². The van der Waals surface area contributed by atoms with E-state index in [1.165, 1.54) is 12.8 Å². The van der Waals surface area contributed by atoms with Crippen LogP contribution in [0.5, 0.6) is 0 Å². The van der Waals surface area contributed by atoms with Gasteiger partial charge in [-0.15, -0.1) is 0 Å². The van der Waals surface area contributed by atoms with Crippen LogP contribution < -0.4 is 5.32 Å². The first-order chi connectivity index (χ1) is 11.1. The number of nitrogens with one attached hydrogen (secondary N) is 1. The maximum Gasteiger partial charge on any atom is 0.222 e. The maximum atomic E-state index is 12.2. The largest absolute Gasteiger partial charge is 0.389 e. The lowest BCUT2D eigenvalue weighted by molar-refractivity contribution is -0.153. The molecule has 6 heteroatoms. The highest BCUT2D eigenvalue weighted by molar-refractivity contribution is 5.76. The van der Waals surface area contributed by atoms with Gasteiger partial charge < -0.3 is 19.9 Å². The summed E-state index contributed by atoms with van der Waals surface area (Å²) in [6.45, 7) is 1.45. The Balaban J connectivity index is 1.49. The van der Waals surface area contributed by atoms with Crippen molar-refractivity contribution in [3.05, 3.63) is 0 Å². The van der Waals surface area contributed by atoms with E-state index in [-0.39, 0.29) is 24.2 Å². The second kappa shape index (κ2) is 7.92. The number of carbonyl (C=O) groups excluding carboxylic acids is 1. The number of hydrogen-bond acceptors (Lipinski definition) is 5. The molecule has 0 unspecified atom stereocenters. The number of rotatable bonds is 3. The Morgan fingerprint density at radius 2 is 2.00 bits per heavy atom. The Hall–Kier alpha value is -0.690. The number of likely N-dealkylation sites (N-methyl/N-ethyl adjacent to an activating group) is 1. The first-order valence-electron chi connectivity index (χ1n) is 9.02. The maximum absolute atomic E-state index is 12.2. The summed E-state index contributed by atoms with van der Waals surface area (Å²) in [5.74, 6) is 0.121. The van der Waals surface area contributed by atoms with Crippen LogP contribution >= 0.6 is 0 Å². The summed E-state index contributed by atoms with van der Waals surface area (Å²) in [4.78, 5) is 14.4. The molecular weight excluding hydrogens is 296 g/mol. The smallest absolute Gasteiger partial charge is 0.222 e. The molecule has 2 heterocycles. The van der Waals surface area contributed by atoms with E-state index < -0.39 is 6.10 Å². The first-order valence-corrected chi connectivity index (χ1v) is 9.02. The van der Waals surface area contributed by atoms with Crippen LogP contribution in [-0.2, 0) is 14.3 Å². The van der Waals surface area contributed by atoms with Crippen molar-refractivity contribution in [2.24, 2.45) is 0 Å². The van der Waals surface area contributed by atoms with Gasteiger partial charge in [0, 0.05) is 18.6 Å². The van der Waals surface area contributed by atoms with Gasteiger partial charge >= 0.3 is 0 Å². The van der Waals surface area contributed by atoms with Gasteiger partial charge in [0.05, 0.1) is 37.9 Å². The Bertz CT molecular complexity index is 400. The van der Waals surface area contributed by atoms with Crippen molar-refractivity contribution in [1.82, 2.24) is 10.2 Å². The highest BCUT2D eigenvalue weighted by Crippen LogP contribution is 2.27. The highest BCUT2D eigenvalue weighted by Gasteiger charge is 2.36. The molecule has 23 heavy (non-hydrogen) atoms. The molecule has 0 radical (unpaired) electrons. The molecule has 1 amide bonds. The number of aliphatic hydroxyl groups is 1. The molecule has 2 N–H and O–H groups in total. The van der Waals surface area contributed by atoms with Gasteiger partial charge in [-0.25, -0.2) is 0 Å². The van der Waals surface area contributed by atoms with Gasteiger partial charge in [0.15, 0.2) is 0 Å². The minimum atomic E-state index is -0.434. The van der Waals surface area contributed by atoms with Crippen molar-refractivity contribution in [3.63, 3.8) is 0 Å². The SMILES string of the molecule is CN1C[C@H](O)COC[C@H]2O[C@H](CC(=O)NC3CCCC3)CC[C@@H]21. The number of carbonyl (C=O) groups is 1. The number of aliphatic hydroxyl groups excluding tert-OH is 1. The van der Waals surface area contributed by atoms with E-state index in [4.69, 9.17) is 9.47 Å². The van der Waals surface area contributed by atoms with Crippen molar-refractivity contribution < 1.29 is 19.4 Å². The second-order valence-electron chi connectivity index (χ2n) is 7.33. The highest BCUT2D eigenvalue weighted by atomic mass is 16.5. The third-order valence-corrected chi connectivity index (χ3v) is 5.37. The standard InChI is InChI=1S/C17H30N2O4/c1-19-9-13(20)10-22-11-16-15(19)7-6-14(23-16)8-17(21)18-12-4-2-3-5-12/h12-16,20H,2-11H2,1H3,(H,18,21)/t13-,14-,15-,16+/m0/s1. The molecule has 0 aromatic rings. The molecule has 132 valence electrons. The molecule has 6 nitrogen and oxygen atoms in total. The third-order valence-electron chi connectivity index (χ3n) is 5.37. The zero-order valence-corrected chi connectivity index (χ0v) is 14.1. The van der Waals surface area contributed by atoms with Gasteiger partial charge in [0.2, 0.25) is 5.91 Å². The van der Waals surface area contributed by atoms with E-state index in [9.17, 15) is 9.90 Å². The monoisotopic (exact) mass is 326 g/mol. The number of hydrogen-bond donors (Lipinski definition) is 2. The molecule has 3 fully saturated rings. The lowest BCUT2D eigenvalue weighted by Gasteiger charge is -2.43. The zero-order chi connectivity index (χ0) is 16.2. The van der Waals surface area contributed by atoms with Crippen molar-refractivity contribution >= 4 is 5.91 Å². The summed E-state index contributed by atoms with van der Waals surface area (Å²) in [6.07, 6.45) is 6.55. The molecule has 4 atom stereocenters. The molecular formula is C17H30N2O4. The lowest BCUT2D eigenvalue weighted by atomic mass is 9.95. The fraction of sp³-hybridized carbons (Fsp3) is 0.941. The fourth-order valence-corrected chi connectivity index (χ4v) is 4.16. The predicted octanol–water partition coefficient (Wildman–Crippen LogP) is 0.674. The number of fused-ring (bicyclic) bond motifs is 1. The average molecular weight is 326 g/mol. The van der Waals surface area contributed by atoms with E-state index in [2.05, 4.69) is 10.2 Å². The Labute approximate surface area is 138 Å². The molecule has 1 aliphatic carbocycles. The van der Waals surface area contributed by atoms with Gasteiger partial charge in [-0.05, 0) is 32.7 Å².